The maximum Gasteiger partial charge on any atom is 0.435 e. The molecule has 0 amide bonds. The van der Waals surface area contributed by atoms with Gasteiger partial charge in [0.15, 0.2) is 11.5 Å². The molecule has 0 saturated carbocycles. The maximum atomic E-state index is 13.9. The summed E-state index contributed by atoms with van der Waals surface area (Å²) in [7, 11) is 1.75. The van der Waals surface area contributed by atoms with Crippen molar-refractivity contribution in [1.29, 1.82) is 0 Å². The Balaban J connectivity index is 3.69. The lowest BCUT2D eigenvalue weighted by atomic mass is 9.93. The molecule has 0 spiro atoms. The van der Waals surface area contributed by atoms with E-state index in [1.807, 2.05) is 0 Å². The number of phenolic OH excluding ortho intramolecular Hbond substituents is 1. The summed E-state index contributed by atoms with van der Waals surface area (Å²) < 4.78 is 98.4. The number of alkyl halides is 7. The minimum Gasteiger partial charge on any atom is -0.502 e. The van der Waals surface area contributed by atoms with Gasteiger partial charge >= 0.3 is 18.0 Å². The van der Waals surface area contributed by atoms with Gasteiger partial charge in [0, 0.05) is 5.56 Å². The zero-order valence-corrected chi connectivity index (χ0v) is 10.6. The van der Waals surface area contributed by atoms with Crippen molar-refractivity contribution in [3.05, 3.63) is 17.7 Å². The standard InChI is InChI=1S/C11H9F7O3/c1-20-6-3-5(4-7(21-2)8(6)19)9(12,10(13,14)15)11(16,17)18/h3-4,19H,1-2H3. The molecule has 0 radical (unpaired) electrons. The van der Waals surface area contributed by atoms with E-state index in [1.165, 1.54) is 0 Å². The van der Waals surface area contributed by atoms with Gasteiger partial charge in [-0.15, -0.1) is 0 Å². The van der Waals surface area contributed by atoms with Crippen molar-refractivity contribution in [2.24, 2.45) is 0 Å². The molecule has 0 aromatic heterocycles. The highest BCUT2D eigenvalue weighted by atomic mass is 19.4. The molecule has 0 aliphatic heterocycles. The average Bonchev–Trinajstić information content (AvgIpc) is 2.35. The fourth-order valence-corrected chi connectivity index (χ4v) is 1.58. The van der Waals surface area contributed by atoms with E-state index in [2.05, 4.69) is 9.47 Å². The first-order chi connectivity index (χ1) is 9.40. The Hall–Kier alpha value is -1.87. The van der Waals surface area contributed by atoms with Crippen LogP contribution >= 0.6 is 0 Å². The lowest BCUT2D eigenvalue weighted by Gasteiger charge is -2.30. The molecule has 1 rings (SSSR count). The maximum absolute atomic E-state index is 13.9. The number of ether oxygens (including phenoxy) is 2. The van der Waals surface area contributed by atoms with Gasteiger partial charge in [-0.25, -0.2) is 4.39 Å². The Kier molecular flexibility index (Phi) is 4.22. The van der Waals surface area contributed by atoms with Crippen LogP contribution in [0, 0.1) is 0 Å². The first-order valence-corrected chi connectivity index (χ1v) is 5.18. The van der Waals surface area contributed by atoms with Gasteiger partial charge in [-0.1, -0.05) is 0 Å². The lowest BCUT2D eigenvalue weighted by molar-refractivity contribution is -0.348. The summed E-state index contributed by atoms with van der Waals surface area (Å²) in [5.41, 5.74) is -7.44. The monoisotopic (exact) mass is 322 g/mol. The second kappa shape index (κ2) is 5.15. The quantitative estimate of drug-likeness (QED) is 0.863. The van der Waals surface area contributed by atoms with E-state index in [-0.39, 0.29) is 12.1 Å². The molecule has 120 valence electrons. The molecule has 1 N–H and O–H groups in total. The summed E-state index contributed by atoms with van der Waals surface area (Å²) in [6.07, 6.45) is -12.5. The molecule has 0 unspecified atom stereocenters. The minimum absolute atomic E-state index is 0.110. The first kappa shape index (κ1) is 17.2. The van der Waals surface area contributed by atoms with Crippen LogP contribution in [-0.2, 0) is 5.67 Å². The Morgan fingerprint density at radius 2 is 1.14 bits per heavy atom. The Morgan fingerprint density at radius 1 is 0.810 bits per heavy atom. The molecule has 0 saturated heterocycles. The van der Waals surface area contributed by atoms with Crippen LogP contribution in [-0.4, -0.2) is 31.7 Å². The van der Waals surface area contributed by atoms with E-state index < -0.39 is 40.8 Å². The lowest BCUT2D eigenvalue weighted by Crippen LogP contribution is -2.50. The van der Waals surface area contributed by atoms with Crippen LogP contribution in [0.15, 0.2) is 12.1 Å². The number of aromatic hydroxyl groups is 1. The fraction of sp³-hybridized carbons (Fsp3) is 0.455. The molecule has 0 heterocycles. The summed E-state index contributed by atoms with van der Waals surface area (Å²) in [5.74, 6) is -2.44. The molecule has 21 heavy (non-hydrogen) atoms. The van der Waals surface area contributed by atoms with Gasteiger partial charge in [-0.05, 0) is 12.1 Å². The predicted octanol–water partition coefficient (Wildman–Crippen LogP) is 3.70. The number of rotatable bonds is 3. The first-order valence-electron chi connectivity index (χ1n) is 5.18. The Morgan fingerprint density at radius 3 is 1.38 bits per heavy atom. The van der Waals surface area contributed by atoms with Gasteiger partial charge in [-0.2, -0.15) is 26.3 Å². The molecule has 3 nitrogen and oxygen atoms in total. The number of phenols is 1. The number of benzene rings is 1. The van der Waals surface area contributed by atoms with Crippen molar-refractivity contribution in [1.82, 2.24) is 0 Å². The molecule has 0 atom stereocenters. The third-order valence-corrected chi connectivity index (χ3v) is 2.66. The Bertz CT molecular complexity index is 483. The van der Waals surface area contributed by atoms with Crippen molar-refractivity contribution >= 4 is 0 Å². The highest BCUT2D eigenvalue weighted by Gasteiger charge is 2.73. The van der Waals surface area contributed by atoms with Gasteiger partial charge in [-0.3, -0.25) is 0 Å². The number of hydrogen-bond acceptors (Lipinski definition) is 3. The molecule has 1 aromatic rings. The summed E-state index contributed by atoms with van der Waals surface area (Å²) in [4.78, 5) is 0. The molecule has 1 aromatic carbocycles. The van der Waals surface area contributed by atoms with E-state index in [0.29, 0.717) is 0 Å². The third kappa shape index (κ3) is 2.66. The molecule has 0 aliphatic rings. The predicted molar refractivity (Wildman–Crippen MR) is 56.1 cm³/mol. The summed E-state index contributed by atoms with van der Waals surface area (Å²) >= 11 is 0. The highest BCUT2D eigenvalue weighted by molar-refractivity contribution is 5.54. The van der Waals surface area contributed by atoms with E-state index in [9.17, 15) is 35.8 Å². The van der Waals surface area contributed by atoms with Crippen LogP contribution in [0.3, 0.4) is 0 Å². The summed E-state index contributed by atoms with van der Waals surface area (Å²) in [6, 6.07) is 0.220. The van der Waals surface area contributed by atoms with Crippen LogP contribution in [0.4, 0.5) is 30.7 Å². The van der Waals surface area contributed by atoms with Crippen molar-refractivity contribution in [2.45, 2.75) is 18.0 Å². The van der Waals surface area contributed by atoms with Crippen molar-refractivity contribution in [2.75, 3.05) is 14.2 Å². The summed E-state index contributed by atoms with van der Waals surface area (Å²) in [5, 5.41) is 9.45. The van der Waals surface area contributed by atoms with Crippen LogP contribution in [0.25, 0.3) is 0 Å². The molecule has 10 heteroatoms. The highest BCUT2D eigenvalue weighted by Crippen LogP contribution is 2.55. The zero-order chi connectivity index (χ0) is 16.6. The van der Waals surface area contributed by atoms with Crippen LogP contribution in [0.2, 0.25) is 0 Å². The zero-order valence-electron chi connectivity index (χ0n) is 10.6. The molecule has 0 fully saturated rings. The van der Waals surface area contributed by atoms with E-state index >= 15 is 0 Å². The average molecular weight is 322 g/mol. The molecule has 0 aliphatic carbocycles. The van der Waals surface area contributed by atoms with E-state index in [4.69, 9.17) is 0 Å². The summed E-state index contributed by atoms with van der Waals surface area (Å²) in [6.45, 7) is 0. The van der Waals surface area contributed by atoms with Gasteiger partial charge in [0.1, 0.15) is 0 Å². The van der Waals surface area contributed by atoms with Gasteiger partial charge in [0.2, 0.25) is 5.75 Å². The van der Waals surface area contributed by atoms with Crippen LogP contribution < -0.4 is 9.47 Å². The van der Waals surface area contributed by atoms with Gasteiger partial charge in [0.05, 0.1) is 14.2 Å². The molecular formula is C11H9F7O3. The van der Waals surface area contributed by atoms with Crippen LogP contribution in [0.1, 0.15) is 5.56 Å². The second-order valence-electron chi connectivity index (χ2n) is 3.88. The number of hydrogen-bond donors (Lipinski definition) is 1. The SMILES string of the molecule is COc1cc(C(F)(C(F)(F)F)C(F)(F)F)cc(OC)c1O. The fourth-order valence-electron chi connectivity index (χ4n) is 1.58. The molecular weight excluding hydrogens is 313 g/mol. The number of methoxy groups -OCH3 is 2. The van der Waals surface area contributed by atoms with Gasteiger partial charge < -0.3 is 14.6 Å². The largest absolute Gasteiger partial charge is 0.502 e. The van der Waals surface area contributed by atoms with Crippen molar-refractivity contribution in [3.8, 4) is 17.2 Å². The van der Waals surface area contributed by atoms with Crippen molar-refractivity contribution < 1.29 is 45.3 Å². The normalized spacial score (nSPS) is 13.2. The van der Waals surface area contributed by atoms with Gasteiger partial charge in [0.25, 0.3) is 0 Å². The third-order valence-electron chi connectivity index (χ3n) is 2.66. The van der Waals surface area contributed by atoms with E-state index in [0.717, 1.165) is 14.2 Å². The Labute approximate surface area is 113 Å². The van der Waals surface area contributed by atoms with Crippen molar-refractivity contribution in [3.63, 3.8) is 0 Å². The van der Waals surface area contributed by atoms with E-state index in [1.54, 1.807) is 0 Å². The second-order valence-corrected chi connectivity index (χ2v) is 3.88. The number of halogens is 7. The smallest absolute Gasteiger partial charge is 0.435 e. The molecule has 0 bridgehead atoms. The topological polar surface area (TPSA) is 38.7 Å². The van der Waals surface area contributed by atoms with Crippen LogP contribution in [0.5, 0.6) is 17.2 Å². The minimum atomic E-state index is -6.27.